The maximum absolute atomic E-state index is 6.26. The molecule has 1 aliphatic heterocycles. The number of aliphatic imine (C=N–C) groups is 1. The molecule has 0 N–H and O–H groups in total. The second kappa shape index (κ2) is 13.8. The van der Waals surface area contributed by atoms with Crippen LogP contribution in [0.4, 0.5) is 17.1 Å². The van der Waals surface area contributed by atoms with Crippen molar-refractivity contribution >= 4 is 50.3 Å². The fourth-order valence-corrected chi connectivity index (χ4v) is 9.04. The van der Waals surface area contributed by atoms with Crippen LogP contribution < -0.4 is 4.90 Å². The molecule has 2 atom stereocenters. The van der Waals surface area contributed by atoms with Crippen molar-refractivity contribution in [1.29, 1.82) is 0 Å². The van der Waals surface area contributed by atoms with Gasteiger partial charge in [-0.2, -0.15) is 0 Å². The number of fused-ring (bicyclic) bond motifs is 6. The molecule has 2 aliphatic carbocycles. The summed E-state index contributed by atoms with van der Waals surface area (Å²) < 4.78 is 8.64. The van der Waals surface area contributed by atoms with Crippen LogP contribution in [0.15, 0.2) is 217 Å². The molecule has 3 aliphatic rings. The van der Waals surface area contributed by atoms with Crippen molar-refractivity contribution in [2.45, 2.75) is 18.9 Å². The van der Waals surface area contributed by atoms with Gasteiger partial charge in [-0.25, -0.2) is 4.99 Å². The zero-order valence-corrected chi connectivity index (χ0v) is 31.4. The third-order valence-corrected chi connectivity index (χ3v) is 11.8. The summed E-state index contributed by atoms with van der Waals surface area (Å²) in [6.07, 6.45) is 8.77. The van der Waals surface area contributed by atoms with Crippen LogP contribution in [0.25, 0.3) is 44.2 Å². The molecule has 0 amide bonds. The molecule has 272 valence electrons. The smallest absolute Gasteiger partial charge is 0.222 e. The highest BCUT2D eigenvalue weighted by Gasteiger charge is 2.38. The van der Waals surface area contributed by atoms with Gasteiger partial charge in [0, 0.05) is 44.9 Å². The van der Waals surface area contributed by atoms with E-state index in [1.54, 1.807) is 0 Å². The second-order valence-corrected chi connectivity index (χ2v) is 15.1. The van der Waals surface area contributed by atoms with Gasteiger partial charge in [-0.05, 0) is 108 Å². The standard InChI is InChI=1S/C53H39N3O/c1-4-14-37(15-5-1)44-20-10-12-22-48(44)55(43-30-32-50-47(35-43)46-21-11-13-23-49(46)56(50)41-18-8-3-9-19-41)42-28-24-36(25-29-42)39-26-31-45-40(34-39)27-33-51-52(45)54-53(57-51)38-16-6-2-7-17-38/h1-25,27-30,32-35,45,52H,26,31H2. The molecule has 57 heavy (non-hydrogen) atoms. The molecule has 7 aromatic carbocycles. The summed E-state index contributed by atoms with van der Waals surface area (Å²) in [5, 5.41) is 2.45. The zero-order valence-electron chi connectivity index (χ0n) is 31.4. The van der Waals surface area contributed by atoms with Crippen molar-refractivity contribution in [2.24, 2.45) is 10.9 Å². The number of hydrogen-bond acceptors (Lipinski definition) is 3. The van der Waals surface area contributed by atoms with Gasteiger partial charge >= 0.3 is 0 Å². The quantitative estimate of drug-likeness (QED) is 0.163. The molecule has 0 saturated carbocycles. The van der Waals surface area contributed by atoms with Crippen LogP contribution >= 0.6 is 0 Å². The molecule has 0 radical (unpaired) electrons. The Balaban J connectivity index is 0.988. The molecular weight excluding hydrogens is 695 g/mol. The molecule has 0 fully saturated rings. The number of aromatic nitrogens is 1. The highest BCUT2D eigenvalue weighted by atomic mass is 16.5. The fourth-order valence-electron chi connectivity index (χ4n) is 9.04. The maximum atomic E-state index is 6.26. The number of ether oxygens (including phenoxy) is 1. The van der Waals surface area contributed by atoms with E-state index in [1.807, 2.05) is 18.2 Å². The molecule has 8 aromatic rings. The summed E-state index contributed by atoms with van der Waals surface area (Å²) in [6, 6.07) is 65.2. The van der Waals surface area contributed by atoms with Crippen molar-refractivity contribution < 1.29 is 4.74 Å². The molecule has 4 heteroatoms. The average Bonchev–Trinajstić information content (AvgIpc) is 3.88. The normalized spacial score (nSPS) is 17.2. The van der Waals surface area contributed by atoms with Gasteiger partial charge in [0.05, 0.1) is 16.7 Å². The van der Waals surface area contributed by atoms with Gasteiger partial charge in [-0.1, -0.05) is 127 Å². The van der Waals surface area contributed by atoms with Gasteiger partial charge < -0.3 is 14.2 Å². The van der Waals surface area contributed by atoms with Crippen LogP contribution in [0.5, 0.6) is 0 Å². The van der Waals surface area contributed by atoms with E-state index in [2.05, 4.69) is 191 Å². The van der Waals surface area contributed by atoms with E-state index in [1.165, 1.54) is 49.6 Å². The van der Waals surface area contributed by atoms with E-state index >= 15 is 0 Å². The summed E-state index contributed by atoms with van der Waals surface area (Å²) in [5.41, 5.74) is 14.2. The van der Waals surface area contributed by atoms with Crippen molar-refractivity contribution in [2.75, 3.05) is 4.90 Å². The highest BCUT2D eigenvalue weighted by Crippen LogP contribution is 2.46. The lowest BCUT2D eigenvalue weighted by Crippen LogP contribution is -2.25. The van der Waals surface area contributed by atoms with Crippen molar-refractivity contribution in [3.8, 4) is 16.8 Å². The van der Waals surface area contributed by atoms with E-state index in [0.29, 0.717) is 5.92 Å². The predicted molar refractivity (Wildman–Crippen MR) is 236 cm³/mol. The largest absolute Gasteiger partial charge is 0.441 e. The van der Waals surface area contributed by atoms with Crippen LogP contribution in [0.3, 0.4) is 0 Å². The summed E-state index contributed by atoms with van der Waals surface area (Å²) in [6.45, 7) is 0. The fraction of sp³-hybridized carbons (Fsp3) is 0.0755. The van der Waals surface area contributed by atoms with Crippen LogP contribution in [0, 0.1) is 5.92 Å². The van der Waals surface area contributed by atoms with Crippen molar-refractivity contribution in [1.82, 2.24) is 4.57 Å². The molecule has 0 saturated heterocycles. The number of allylic oxidation sites excluding steroid dienone is 4. The first-order chi connectivity index (χ1) is 28.3. The summed E-state index contributed by atoms with van der Waals surface area (Å²) in [4.78, 5) is 7.50. The lowest BCUT2D eigenvalue weighted by atomic mass is 9.76. The Bertz CT molecular complexity index is 2920. The number of rotatable bonds is 7. The minimum absolute atomic E-state index is 0.0395. The molecule has 11 rings (SSSR count). The van der Waals surface area contributed by atoms with E-state index in [9.17, 15) is 0 Å². The van der Waals surface area contributed by atoms with Gasteiger partial charge in [0.25, 0.3) is 0 Å². The Morgan fingerprint density at radius 1 is 0.561 bits per heavy atom. The third-order valence-electron chi connectivity index (χ3n) is 11.8. The minimum Gasteiger partial charge on any atom is -0.441 e. The Morgan fingerprint density at radius 3 is 2.04 bits per heavy atom. The SMILES string of the molecule is C1=C(c2ccc(N(c3ccc4c(c3)c3ccccc3n4-c3ccccc3)c3ccccc3-c3ccccc3)cc2)CCC2C1=CC=C1OC(c3ccccc3)=NC12. The topological polar surface area (TPSA) is 29.8 Å². The molecule has 0 spiro atoms. The van der Waals surface area contributed by atoms with Gasteiger partial charge in [0.1, 0.15) is 11.8 Å². The Kier molecular flexibility index (Phi) is 8.06. The van der Waals surface area contributed by atoms with E-state index in [0.717, 1.165) is 52.8 Å². The molecule has 1 aromatic heterocycles. The minimum atomic E-state index is 0.0395. The highest BCUT2D eigenvalue weighted by molar-refractivity contribution is 6.11. The van der Waals surface area contributed by atoms with E-state index in [4.69, 9.17) is 9.73 Å². The van der Waals surface area contributed by atoms with E-state index < -0.39 is 0 Å². The first-order valence-electron chi connectivity index (χ1n) is 19.8. The van der Waals surface area contributed by atoms with E-state index in [-0.39, 0.29) is 6.04 Å². The molecule has 4 nitrogen and oxygen atoms in total. The molecule has 0 bridgehead atoms. The third kappa shape index (κ3) is 5.80. The van der Waals surface area contributed by atoms with Gasteiger partial charge in [0.2, 0.25) is 5.90 Å². The van der Waals surface area contributed by atoms with Gasteiger partial charge in [0.15, 0.2) is 0 Å². The van der Waals surface area contributed by atoms with Crippen LogP contribution in [-0.4, -0.2) is 16.5 Å². The number of benzene rings is 7. The zero-order chi connectivity index (χ0) is 37.7. The second-order valence-electron chi connectivity index (χ2n) is 15.1. The number of anilines is 3. The molecule has 2 unspecified atom stereocenters. The number of para-hydroxylation sites is 3. The Morgan fingerprint density at radius 2 is 1.23 bits per heavy atom. The van der Waals surface area contributed by atoms with Crippen molar-refractivity contribution in [3.05, 3.63) is 223 Å². The molecular formula is C53H39N3O. The first kappa shape index (κ1) is 33.2. The summed E-state index contributed by atoms with van der Waals surface area (Å²) >= 11 is 0. The lowest BCUT2D eigenvalue weighted by Gasteiger charge is -2.31. The predicted octanol–water partition coefficient (Wildman–Crippen LogP) is 13.4. The first-order valence-corrected chi connectivity index (χ1v) is 19.8. The van der Waals surface area contributed by atoms with Crippen LogP contribution in [0.2, 0.25) is 0 Å². The summed E-state index contributed by atoms with van der Waals surface area (Å²) in [7, 11) is 0. The number of nitrogens with zero attached hydrogens (tertiary/aromatic N) is 3. The average molecular weight is 734 g/mol. The molecule has 2 heterocycles. The Hall–Kier alpha value is -7.17. The lowest BCUT2D eigenvalue weighted by molar-refractivity contribution is 0.372. The van der Waals surface area contributed by atoms with Gasteiger partial charge in [-0.15, -0.1) is 0 Å². The monoisotopic (exact) mass is 733 g/mol. The Labute approximate surface area is 332 Å². The van der Waals surface area contributed by atoms with Crippen LogP contribution in [0.1, 0.15) is 24.0 Å². The van der Waals surface area contributed by atoms with Crippen molar-refractivity contribution in [3.63, 3.8) is 0 Å². The van der Waals surface area contributed by atoms with Gasteiger partial charge in [-0.3, -0.25) is 0 Å². The van der Waals surface area contributed by atoms with Crippen LogP contribution in [-0.2, 0) is 4.74 Å². The maximum Gasteiger partial charge on any atom is 0.222 e. The summed E-state index contributed by atoms with van der Waals surface area (Å²) in [5.74, 6) is 2.01. The number of hydrogen-bond donors (Lipinski definition) is 0.